The minimum absolute atomic E-state index is 0.0343. The SMILES string of the molecule is CC(C)(C)n1ccc(C(=O)N2CCC(c3ccccc3)(c3csc(N)n3)CC2)c1. The first-order valence-corrected chi connectivity index (χ1v) is 10.9. The predicted octanol–water partition coefficient (Wildman–Crippen LogP) is 4.50. The summed E-state index contributed by atoms with van der Waals surface area (Å²) in [5.41, 5.74) is 8.75. The summed E-state index contributed by atoms with van der Waals surface area (Å²) >= 11 is 1.48. The fourth-order valence-corrected chi connectivity index (χ4v) is 4.83. The number of benzene rings is 1. The number of thiazole rings is 1. The lowest BCUT2D eigenvalue weighted by atomic mass is 9.70. The van der Waals surface area contributed by atoms with Gasteiger partial charge in [-0.05, 0) is 45.2 Å². The number of carbonyl (C=O) groups excluding carboxylic acids is 1. The Morgan fingerprint density at radius 3 is 2.38 bits per heavy atom. The third-order valence-corrected chi connectivity index (χ3v) is 6.63. The van der Waals surface area contributed by atoms with Crippen LogP contribution < -0.4 is 5.73 Å². The second-order valence-electron chi connectivity index (χ2n) is 8.79. The second kappa shape index (κ2) is 7.34. The number of anilines is 1. The minimum atomic E-state index is -0.191. The molecule has 3 aromatic rings. The highest BCUT2D eigenvalue weighted by Gasteiger charge is 2.41. The molecule has 152 valence electrons. The first kappa shape index (κ1) is 19.7. The molecule has 0 bridgehead atoms. The van der Waals surface area contributed by atoms with Crippen LogP contribution in [0.3, 0.4) is 0 Å². The highest BCUT2D eigenvalue weighted by Crippen LogP contribution is 2.42. The Balaban J connectivity index is 1.57. The maximum absolute atomic E-state index is 13.1. The molecule has 3 heterocycles. The van der Waals surface area contributed by atoms with Gasteiger partial charge in [-0.15, -0.1) is 11.3 Å². The zero-order chi connectivity index (χ0) is 20.6. The van der Waals surface area contributed by atoms with Crippen LogP contribution in [0.5, 0.6) is 0 Å². The second-order valence-corrected chi connectivity index (χ2v) is 9.68. The summed E-state index contributed by atoms with van der Waals surface area (Å²) in [4.78, 5) is 19.7. The van der Waals surface area contributed by atoms with Gasteiger partial charge in [-0.1, -0.05) is 30.3 Å². The summed E-state index contributed by atoms with van der Waals surface area (Å²) in [6.45, 7) is 7.81. The molecule has 0 radical (unpaired) electrons. The molecular formula is C23H28N4OS. The van der Waals surface area contributed by atoms with Crippen molar-refractivity contribution in [2.24, 2.45) is 0 Å². The number of nitrogens with two attached hydrogens (primary N) is 1. The van der Waals surface area contributed by atoms with E-state index in [0.717, 1.165) is 24.1 Å². The summed E-state index contributed by atoms with van der Waals surface area (Å²) in [5.74, 6) is 0.104. The molecule has 4 rings (SSSR count). The lowest BCUT2D eigenvalue weighted by Crippen LogP contribution is -2.46. The Kier molecular flexibility index (Phi) is 4.99. The van der Waals surface area contributed by atoms with Gasteiger partial charge in [0, 0.05) is 41.8 Å². The lowest BCUT2D eigenvalue weighted by molar-refractivity contribution is 0.0684. The van der Waals surface area contributed by atoms with Crippen LogP contribution >= 0.6 is 11.3 Å². The Labute approximate surface area is 176 Å². The molecule has 1 saturated heterocycles. The van der Waals surface area contributed by atoms with Crippen LogP contribution in [0.4, 0.5) is 5.13 Å². The fraction of sp³-hybridized carbons (Fsp3) is 0.391. The summed E-state index contributed by atoms with van der Waals surface area (Å²) < 4.78 is 2.09. The van der Waals surface area contributed by atoms with Gasteiger partial charge in [-0.3, -0.25) is 4.79 Å². The van der Waals surface area contributed by atoms with Crippen LogP contribution in [0.25, 0.3) is 0 Å². The van der Waals surface area contributed by atoms with E-state index < -0.39 is 0 Å². The Morgan fingerprint density at radius 2 is 1.83 bits per heavy atom. The molecule has 0 aliphatic carbocycles. The minimum Gasteiger partial charge on any atom is -0.375 e. The van der Waals surface area contributed by atoms with Gasteiger partial charge >= 0.3 is 0 Å². The van der Waals surface area contributed by atoms with Crippen molar-refractivity contribution in [3.05, 3.63) is 71.0 Å². The first-order chi connectivity index (χ1) is 13.8. The number of likely N-dealkylation sites (tertiary alicyclic amines) is 1. The van der Waals surface area contributed by atoms with E-state index in [-0.39, 0.29) is 16.9 Å². The van der Waals surface area contributed by atoms with Gasteiger partial charge in [0.05, 0.1) is 11.3 Å². The number of rotatable bonds is 3. The van der Waals surface area contributed by atoms with Crippen molar-refractivity contribution < 1.29 is 4.79 Å². The standard InChI is InChI=1S/C23H28N4OS/c1-22(2,3)27-12-9-17(15-27)20(28)26-13-10-23(11-14-26,18-7-5-4-6-8-18)19-16-29-21(24)25-19/h4-9,12,15-16H,10-11,13-14H2,1-3H3,(H2,24,25). The van der Waals surface area contributed by atoms with Gasteiger partial charge in [0.2, 0.25) is 0 Å². The smallest absolute Gasteiger partial charge is 0.255 e. The summed E-state index contributed by atoms with van der Waals surface area (Å²) in [7, 11) is 0. The monoisotopic (exact) mass is 408 g/mol. The number of amides is 1. The van der Waals surface area contributed by atoms with Crippen molar-refractivity contribution in [2.45, 2.75) is 44.6 Å². The normalized spacial score (nSPS) is 16.7. The molecule has 5 nitrogen and oxygen atoms in total. The van der Waals surface area contributed by atoms with E-state index in [0.29, 0.717) is 18.2 Å². The number of aromatic nitrogens is 2. The number of hydrogen-bond donors (Lipinski definition) is 1. The molecule has 1 aliphatic heterocycles. The Hall–Kier alpha value is -2.60. The van der Waals surface area contributed by atoms with Crippen molar-refractivity contribution in [3.63, 3.8) is 0 Å². The van der Waals surface area contributed by atoms with Crippen LogP contribution in [0.15, 0.2) is 54.2 Å². The average Bonchev–Trinajstić information content (AvgIpc) is 3.38. The first-order valence-electron chi connectivity index (χ1n) is 10.0. The highest BCUT2D eigenvalue weighted by atomic mass is 32.1. The molecular weight excluding hydrogens is 380 g/mol. The van der Waals surface area contributed by atoms with Crippen LogP contribution in [0, 0.1) is 0 Å². The number of piperidine rings is 1. The molecule has 29 heavy (non-hydrogen) atoms. The van der Waals surface area contributed by atoms with E-state index in [9.17, 15) is 4.79 Å². The fourth-order valence-electron chi connectivity index (χ4n) is 4.17. The number of nitrogen functional groups attached to an aromatic ring is 1. The molecule has 1 aliphatic rings. The summed E-state index contributed by atoms with van der Waals surface area (Å²) in [5, 5.41) is 2.67. The van der Waals surface area contributed by atoms with Crippen molar-refractivity contribution in [3.8, 4) is 0 Å². The third kappa shape index (κ3) is 3.69. The van der Waals surface area contributed by atoms with Crippen LogP contribution in [0.1, 0.15) is 55.2 Å². The van der Waals surface area contributed by atoms with Crippen molar-refractivity contribution >= 4 is 22.4 Å². The van der Waals surface area contributed by atoms with Gasteiger partial charge < -0.3 is 15.2 Å². The molecule has 1 amide bonds. The van der Waals surface area contributed by atoms with Gasteiger partial charge in [-0.2, -0.15) is 0 Å². The quantitative estimate of drug-likeness (QED) is 0.694. The van der Waals surface area contributed by atoms with Crippen LogP contribution in [0.2, 0.25) is 0 Å². The van der Waals surface area contributed by atoms with E-state index in [1.54, 1.807) is 0 Å². The molecule has 0 atom stereocenters. The van der Waals surface area contributed by atoms with E-state index in [2.05, 4.69) is 60.0 Å². The molecule has 2 aromatic heterocycles. The van der Waals surface area contributed by atoms with Crippen LogP contribution in [-0.4, -0.2) is 33.4 Å². The Morgan fingerprint density at radius 1 is 1.14 bits per heavy atom. The van der Waals surface area contributed by atoms with Crippen molar-refractivity contribution in [1.29, 1.82) is 0 Å². The van der Waals surface area contributed by atoms with Gasteiger partial charge in [0.1, 0.15) is 0 Å². The van der Waals surface area contributed by atoms with Crippen molar-refractivity contribution in [2.75, 3.05) is 18.8 Å². The molecule has 0 spiro atoms. The molecule has 6 heteroatoms. The van der Waals surface area contributed by atoms with Crippen LogP contribution in [-0.2, 0) is 11.0 Å². The maximum Gasteiger partial charge on any atom is 0.255 e. The average molecular weight is 409 g/mol. The largest absolute Gasteiger partial charge is 0.375 e. The molecule has 0 saturated carbocycles. The maximum atomic E-state index is 13.1. The Bertz CT molecular complexity index is 991. The number of hydrogen-bond acceptors (Lipinski definition) is 4. The van der Waals surface area contributed by atoms with E-state index in [1.165, 1.54) is 16.9 Å². The van der Waals surface area contributed by atoms with E-state index in [4.69, 9.17) is 5.73 Å². The third-order valence-electron chi connectivity index (χ3n) is 5.96. The zero-order valence-electron chi connectivity index (χ0n) is 17.3. The predicted molar refractivity (Wildman–Crippen MR) is 118 cm³/mol. The molecule has 2 N–H and O–H groups in total. The highest BCUT2D eigenvalue weighted by molar-refractivity contribution is 7.13. The molecule has 1 fully saturated rings. The van der Waals surface area contributed by atoms with Gasteiger partial charge in [0.15, 0.2) is 5.13 Å². The number of carbonyl (C=O) groups is 1. The number of nitrogens with zero attached hydrogens (tertiary/aromatic N) is 3. The van der Waals surface area contributed by atoms with Gasteiger partial charge in [0.25, 0.3) is 5.91 Å². The van der Waals surface area contributed by atoms with E-state index >= 15 is 0 Å². The summed E-state index contributed by atoms with van der Waals surface area (Å²) in [6.07, 6.45) is 5.63. The lowest BCUT2D eigenvalue weighted by Gasteiger charge is -2.41. The van der Waals surface area contributed by atoms with Crippen molar-refractivity contribution in [1.82, 2.24) is 14.5 Å². The van der Waals surface area contributed by atoms with E-state index in [1.807, 2.05) is 29.4 Å². The molecule has 1 aromatic carbocycles. The zero-order valence-corrected chi connectivity index (χ0v) is 18.1. The van der Waals surface area contributed by atoms with Gasteiger partial charge in [-0.25, -0.2) is 4.98 Å². The summed E-state index contributed by atoms with van der Waals surface area (Å²) in [6, 6.07) is 12.4. The topological polar surface area (TPSA) is 64.2 Å². The molecule has 0 unspecified atom stereocenters.